The van der Waals surface area contributed by atoms with Crippen LogP contribution in [0.2, 0.25) is 0 Å². The molecule has 0 unspecified atom stereocenters. The maximum absolute atomic E-state index is 13.3. The van der Waals surface area contributed by atoms with Crippen molar-refractivity contribution in [1.82, 2.24) is 0 Å². The van der Waals surface area contributed by atoms with Crippen LogP contribution in [0.4, 0.5) is 15.8 Å². The van der Waals surface area contributed by atoms with Crippen LogP contribution in [0, 0.1) is 5.82 Å². The quantitative estimate of drug-likeness (QED) is 0.788. The number of nitrogens with one attached hydrogen (secondary N) is 1. The maximum Gasteiger partial charge on any atom is 0.338 e. The monoisotopic (exact) mass is 289 g/mol. The lowest BCUT2D eigenvalue weighted by Crippen LogP contribution is -2.02. The molecule has 2 aromatic carbocycles. The van der Waals surface area contributed by atoms with E-state index < -0.39 is 23.3 Å². The van der Waals surface area contributed by atoms with Crippen LogP contribution in [-0.2, 0) is 11.2 Å². The van der Waals surface area contributed by atoms with Crippen LogP contribution in [0.3, 0.4) is 0 Å². The summed E-state index contributed by atoms with van der Waals surface area (Å²) in [6, 6.07) is 10.3. The minimum Gasteiger partial charge on any atom is -0.481 e. The van der Waals surface area contributed by atoms with Crippen molar-refractivity contribution in [1.29, 1.82) is 0 Å². The molecule has 0 saturated heterocycles. The predicted molar refractivity (Wildman–Crippen MR) is 74.4 cm³/mol. The lowest BCUT2D eigenvalue weighted by molar-refractivity contribution is -0.136. The Bertz CT molecular complexity index is 683. The van der Waals surface area contributed by atoms with E-state index in [-0.39, 0.29) is 6.42 Å². The lowest BCUT2D eigenvalue weighted by Gasteiger charge is -2.08. The molecule has 0 fully saturated rings. The predicted octanol–water partition coefficient (Wildman–Crippen LogP) is 2.89. The number of anilines is 2. The normalized spacial score (nSPS) is 10.1. The zero-order valence-electron chi connectivity index (χ0n) is 10.8. The van der Waals surface area contributed by atoms with Gasteiger partial charge in [0.1, 0.15) is 5.82 Å². The van der Waals surface area contributed by atoms with Gasteiger partial charge in [0, 0.05) is 11.4 Å². The van der Waals surface area contributed by atoms with Crippen molar-refractivity contribution in [2.75, 3.05) is 5.32 Å². The Morgan fingerprint density at radius 3 is 2.19 bits per heavy atom. The van der Waals surface area contributed by atoms with Crippen LogP contribution in [0.15, 0.2) is 42.5 Å². The number of carboxylic acid groups (broad SMARTS) is 2. The number of carboxylic acids is 2. The molecule has 0 aromatic heterocycles. The van der Waals surface area contributed by atoms with Gasteiger partial charge in [0.25, 0.3) is 0 Å². The van der Waals surface area contributed by atoms with E-state index in [1.54, 1.807) is 24.3 Å². The van der Waals surface area contributed by atoms with E-state index in [4.69, 9.17) is 10.2 Å². The van der Waals surface area contributed by atoms with Crippen LogP contribution < -0.4 is 5.32 Å². The average Bonchev–Trinajstić information content (AvgIpc) is 2.42. The minimum absolute atomic E-state index is 0.0695. The molecular weight excluding hydrogens is 277 g/mol. The summed E-state index contributed by atoms with van der Waals surface area (Å²) in [7, 11) is 0. The van der Waals surface area contributed by atoms with Gasteiger partial charge in [0.05, 0.1) is 12.0 Å². The second kappa shape index (κ2) is 6.04. The van der Waals surface area contributed by atoms with E-state index in [0.717, 1.165) is 6.07 Å². The highest BCUT2D eigenvalue weighted by molar-refractivity contribution is 5.89. The van der Waals surface area contributed by atoms with Gasteiger partial charge in [-0.1, -0.05) is 12.1 Å². The smallest absolute Gasteiger partial charge is 0.338 e. The molecule has 0 radical (unpaired) electrons. The molecule has 108 valence electrons. The van der Waals surface area contributed by atoms with Crippen molar-refractivity contribution >= 4 is 23.3 Å². The summed E-state index contributed by atoms with van der Waals surface area (Å²) < 4.78 is 13.3. The number of hydrogen-bond donors (Lipinski definition) is 3. The Morgan fingerprint density at radius 2 is 1.62 bits per heavy atom. The topological polar surface area (TPSA) is 86.6 Å². The Balaban J connectivity index is 2.16. The zero-order valence-corrected chi connectivity index (χ0v) is 10.8. The number of aromatic carboxylic acids is 1. The van der Waals surface area contributed by atoms with E-state index >= 15 is 0 Å². The second-order valence-corrected chi connectivity index (χ2v) is 4.39. The summed E-state index contributed by atoms with van der Waals surface area (Å²) in [6.45, 7) is 0. The molecule has 0 aliphatic heterocycles. The molecule has 0 spiro atoms. The van der Waals surface area contributed by atoms with Gasteiger partial charge >= 0.3 is 11.9 Å². The molecular formula is C15H12FNO4. The molecule has 2 aromatic rings. The molecule has 2 rings (SSSR count). The van der Waals surface area contributed by atoms with Gasteiger partial charge in [-0.15, -0.1) is 0 Å². The first-order valence-corrected chi connectivity index (χ1v) is 6.06. The number of aliphatic carboxylic acids is 1. The molecule has 0 atom stereocenters. The van der Waals surface area contributed by atoms with E-state index in [1.165, 1.54) is 12.1 Å². The molecule has 5 nitrogen and oxygen atoms in total. The molecule has 0 aliphatic carbocycles. The Kier molecular flexibility index (Phi) is 4.18. The van der Waals surface area contributed by atoms with Gasteiger partial charge in [-0.3, -0.25) is 4.79 Å². The summed E-state index contributed by atoms with van der Waals surface area (Å²) in [5.74, 6) is -3.06. The van der Waals surface area contributed by atoms with Crippen LogP contribution in [-0.4, -0.2) is 22.2 Å². The maximum atomic E-state index is 13.3. The van der Waals surface area contributed by atoms with Gasteiger partial charge in [-0.05, 0) is 35.9 Å². The van der Waals surface area contributed by atoms with Crippen molar-refractivity contribution in [3.05, 3.63) is 59.4 Å². The van der Waals surface area contributed by atoms with Gasteiger partial charge < -0.3 is 15.5 Å². The highest BCUT2D eigenvalue weighted by Gasteiger charge is 2.10. The fraction of sp³-hybridized carbons (Fsp3) is 0.0667. The summed E-state index contributed by atoms with van der Waals surface area (Å²) in [6.07, 6.45) is -0.0695. The third-order valence-corrected chi connectivity index (χ3v) is 2.79. The molecule has 0 bridgehead atoms. The van der Waals surface area contributed by atoms with Crippen molar-refractivity contribution in [3.63, 3.8) is 0 Å². The first-order valence-electron chi connectivity index (χ1n) is 6.06. The first kappa shape index (κ1) is 14.5. The van der Waals surface area contributed by atoms with Gasteiger partial charge in [-0.25, -0.2) is 9.18 Å². The summed E-state index contributed by atoms with van der Waals surface area (Å²) >= 11 is 0. The number of hydrogen-bond acceptors (Lipinski definition) is 3. The molecule has 0 aliphatic rings. The van der Waals surface area contributed by atoms with E-state index in [2.05, 4.69) is 5.32 Å². The highest BCUT2D eigenvalue weighted by Crippen LogP contribution is 2.20. The minimum atomic E-state index is -1.34. The van der Waals surface area contributed by atoms with E-state index in [9.17, 15) is 14.0 Å². The molecule has 0 amide bonds. The largest absolute Gasteiger partial charge is 0.481 e. The van der Waals surface area contributed by atoms with Crippen LogP contribution >= 0.6 is 0 Å². The Labute approximate surface area is 119 Å². The SMILES string of the molecule is O=C(O)Cc1ccc(Nc2ccc(F)c(C(=O)O)c2)cc1. The molecule has 3 N–H and O–H groups in total. The van der Waals surface area contributed by atoms with Crippen LogP contribution in [0.1, 0.15) is 15.9 Å². The molecule has 0 heterocycles. The number of benzene rings is 2. The van der Waals surface area contributed by atoms with Crippen molar-refractivity contribution < 1.29 is 24.2 Å². The first-order chi connectivity index (χ1) is 9.95. The fourth-order valence-corrected chi connectivity index (χ4v) is 1.81. The van der Waals surface area contributed by atoms with Crippen LogP contribution in [0.25, 0.3) is 0 Å². The molecule has 0 saturated carbocycles. The van der Waals surface area contributed by atoms with E-state index in [0.29, 0.717) is 16.9 Å². The Hall–Kier alpha value is -2.89. The summed E-state index contributed by atoms with van der Waals surface area (Å²) in [5, 5.41) is 20.5. The van der Waals surface area contributed by atoms with Crippen molar-refractivity contribution in [2.45, 2.75) is 6.42 Å². The summed E-state index contributed by atoms with van der Waals surface area (Å²) in [5.41, 5.74) is 1.31. The van der Waals surface area contributed by atoms with Gasteiger partial charge in [0.15, 0.2) is 0 Å². The van der Waals surface area contributed by atoms with E-state index in [1.807, 2.05) is 0 Å². The number of carbonyl (C=O) groups is 2. The standard InChI is InChI=1S/C15H12FNO4/c16-13-6-5-11(8-12(13)15(20)21)17-10-3-1-9(2-4-10)7-14(18)19/h1-6,8,17H,7H2,(H,18,19)(H,20,21). The van der Waals surface area contributed by atoms with Gasteiger partial charge in [0.2, 0.25) is 0 Å². The number of rotatable bonds is 5. The van der Waals surface area contributed by atoms with Crippen molar-refractivity contribution in [2.24, 2.45) is 0 Å². The fourth-order valence-electron chi connectivity index (χ4n) is 1.81. The molecule has 6 heteroatoms. The second-order valence-electron chi connectivity index (χ2n) is 4.39. The summed E-state index contributed by atoms with van der Waals surface area (Å²) in [4.78, 5) is 21.4. The molecule has 21 heavy (non-hydrogen) atoms. The zero-order chi connectivity index (χ0) is 15.4. The van der Waals surface area contributed by atoms with Crippen LogP contribution in [0.5, 0.6) is 0 Å². The van der Waals surface area contributed by atoms with Gasteiger partial charge in [-0.2, -0.15) is 0 Å². The lowest BCUT2D eigenvalue weighted by atomic mass is 10.1. The van der Waals surface area contributed by atoms with Crippen molar-refractivity contribution in [3.8, 4) is 0 Å². The Morgan fingerprint density at radius 1 is 1.00 bits per heavy atom. The highest BCUT2D eigenvalue weighted by atomic mass is 19.1. The average molecular weight is 289 g/mol. The third kappa shape index (κ3) is 3.79. The third-order valence-electron chi connectivity index (χ3n) is 2.79. The number of halogens is 1.